The number of aromatic nitrogens is 1. The second-order valence-electron chi connectivity index (χ2n) is 14.5. The molecule has 18 heteroatoms. The van der Waals surface area contributed by atoms with Crippen molar-refractivity contribution in [1.29, 1.82) is 0 Å². The van der Waals surface area contributed by atoms with E-state index in [9.17, 15) is 33.6 Å². The largest absolute Gasteiger partial charge is 0.370 e. The summed E-state index contributed by atoms with van der Waals surface area (Å²) in [5.41, 5.74) is 13.3. The van der Waals surface area contributed by atoms with Gasteiger partial charge in [-0.3, -0.25) is 38.6 Å². The molecule has 0 aliphatic carbocycles. The van der Waals surface area contributed by atoms with Crippen molar-refractivity contribution < 1.29 is 33.6 Å². The van der Waals surface area contributed by atoms with Crippen molar-refractivity contribution in [2.75, 3.05) is 26.2 Å². The van der Waals surface area contributed by atoms with Crippen molar-refractivity contribution in [2.24, 2.45) is 16.5 Å². The van der Waals surface area contributed by atoms with E-state index in [0.717, 1.165) is 22.0 Å². The maximum absolute atomic E-state index is 14.2. The molecule has 0 saturated carbocycles. The Hall–Kier alpha value is -6.46. The molecule has 2 aromatic carbocycles. The molecule has 2 saturated heterocycles. The molecule has 2 fully saturated rings. The predicted octanol–water partition coefficient (Wildman–Crippen LogP) is -1.02. The molecule has 3 heterocycles. The molecule has 3 unspecified atom stereocenters. The topological polar surface area (TPSA) is 275 Å². The first-order valence-electron chi connectivity index (χ1n) is 19.6. The number of rotatable bonds is 11. The molecule has 5 rings (SSSR count). The van der Waals surface area contributed by atoms with Gasteiger partial charge in [-0.25, -0.2) is 0 Å². The lowest BCUT2D eigenvalue weighted by Gasteiger charge is -2.30. The maximum atomic E-state index is 14.2. The first-order valence-corrected chi connectivity index (χ1v) is 19.6. The zero-order valence-electron chi connectivity index (χ0n) is 32.6. The van der Waals surface area contributed by atoms with E-state index in [1.54, 1.807) is 6.20 Å². The second kappa shape index (κ2) is 20.6. The Labute approximate surface area is 336 Å². The first kappa shape index (κ1) is 42.7. The molecule has 5 atom stereocenters. The predicted molar refractivity (Wildman–Crippen MR) is 215 cm³/mol. The normalized spacial score (nSPS) is 21.6. The second-order valence-corrected chi connectivity index (χ2v) is 14.5. The Balaban J connectivity index is 1.38. The number of nitrogens with two attached hydrogens (primary N) is 2. The Morgan fingerprint density at radius 2 is 1.66 bits per heavy atom. The van der Waals surface area contributed by atoms with Crippen molar-refractivity contribution in [3.05, 3.63) is 71.9 Å². The molecular weight excluding hydrogens is 747 g/mol. The number of benzene rings is 2. The smallest absolute Gasteiger partial charge is 0.245 e. The van der Waals surface area contributed by atoms with Crippen molar-refractivity contribution in [3.8, 4) is 0 Å². The molecule has 0 spiro atoms. The fourth-order valence-corrected chi connectivity index (χ4v) is 7.28. The Bertz CT molecular complexity index is 1980. The van der Waals surface area contributed by atoms with E-state index in [4.69, 9.17) is 11.5 Å². The van der Waals surface area contributed by atoms with Gasteiger partial charge >= 0.3 is 0 Å². The molecule has 1 aromatic heterocycles. The summed E-state index contributed by atoms with van der Waals surface area (Å²) in [6.45, 7) is 1.30. The van der Waals surface area contributed by atoms with E-state index >= 15 is 0 Å². The number of nitrogens with zero attached hydrogens (tertiary/aromatic N) is 2. The van der Waals surface area contributed by atoms with Crippen LogP contribution in [0.2, 0.25) is 0 Å². The monoisotopic (exact) mass is 799 g/mol. The molecule has 0 radical (unpaired) electrons. The van der Waals surface area contributed by atoms with Crippen LogP contribution in [0.4, 0.5) is 0 Å². The Kier molecular flexibility index (Phi) is 15.2. The highest BCUT2D eigenvalue weighted by Gasteiger charge is 2.39. The average molecular weight is 800 g/mol. The summed E-state index contributed by atoms with van der Waals surface area (Å²) < 4.78 is 0. The number of guanidine groups is 1. The summed E-state index contributed by atoms with van der Waals surface area (Å²) >= 11 is 0. The average Bonchev–Trinajstić information content (AvgIpc) is 3.86. The van der Waals surface area contributed by atoms with Gasteiger partial charge in [-0.15, -0.1) is 0 Å². The van der Waals surface area contributed by atoms with Crippen molar-refractivity contribution in [3.63, 3.8) is 0 Å². The molecule has 11 N–H and O–H groups in total. The highest BCUT2D eigenvalue weighted by molar-refractivity contribution is 5.97. The Morgan fingerprint density at radius 3 is 2.41 bits per heavy atom. The van der Waals surface area contributed by atoms with Gasteiger partial charge in [-0.05, 0) is 55.7 Å². The number of H-pyrrole nitrogens is 1. The van der Waals surface area contributed by atoms with Crippen LogP contribution in [0.25, 0.3) is 10.9 Å². The standard InChI is InChI=1S/C40H53N11O7/c1-24(52)47-31(20-25-10-3-2-4-11-25)36(55)50-30-15-8-17-43-35(54)29(14-7-18-44-40(41)42)49-37(56)32(21-26-22-45-28-13-6-5-12-27(26)28)48-34(53)23-46-38(57)33-16-9-19-51(33)39(30)58/h2-6,10-13,22,29-33,45H,7-9,14-21,23H2,1H3,(H,43,54)(H,46,57)(H,47,52)(H,48,53)(H,49,56)(H,50,55)(H4,41,42,44)/t29?,30-,31-,32?,33?/m0/s1. The van der Waals surface area contributed by atoms with Gasteiger partial charge in [-0.1, -0.05) is 48.5 Å². The van der Waals surface area contributed by atoms with E-state index in [2.05, 4.69) is 41.9 Å². The van der Waals surface area contributed by atoms with Gasteiger partial charge in [-0.2, -0.15) is 0 Å². The first-order chi connectivity index (χ1) is 27.9. The SMILES string of the molecule is CC(=O)N[C@@H](Cc1ccccc1)C(=O)N[C@H]1CCCNC(=O)C(CCCN=C(N)N)NC(=O)C(Cc2c[nH]c3ccccc23)NC(=O)CNC(=O)C2CCCN2C1=O. The van der Waals surface area contributed by atoms with Gasteiger partial charge in [0, 0.05) is 56.5 Å². The zero-order chi connectivity index (χ0) is 41.6. The van der Waals surface area contributed by atoms with Gasteiger partial charge in [0.25, 0.3) is 0 Å². The number of amides is 7. The van der Waals surface area contributed by atoms with Crippen LogP contribution in [0.5, 0.6) is 0 Å². The van der Waals surface area contributed by atoms with Crippen LogP contribution in [0, 0.1) is 0 Å². The molecule has 310 valence electrons. The van der Waals surface area contributed by atoms with E-state index in [1.807, 2.05) is 54.6 Å². The van der Waals surface area contributed by atoms with Gasteiger partial charge in [0.15, 0.2) is 5.96 Å². The number of aliphatic imine (C=N–C) groups is 1. The molecule has 18 nitrogen and oxygen atoms in total. The van der Waals surface area contributed by atoms with Crippen LogP contribution in [0.1, 0.15) is 56.6 Å². The third kappa shape index (κ3) is 12.0. The van der Waals surface area contributed by atoms with E-state index < -0.39 is 78.1 Å². The van der Waals surface area contributed by atoms with Crippen LogP contribution < -0.4 is 43.4 Å². The zero-order valence-corrected chi connectivity index (χ0v) is 32.6. The minimum atomic E-state index is -1.13. The molecule has 3 aromatic rings. The van der Waals surface area contributed by atoms with Gasteiger partial charge in [0.2, 0.25) is 41.4 Å². The van der Waals surface area contributed by atoms with Crippen molar-refractivity contribution in [1.82, 2.24) is 41.8 Å². The van der Waals surface area contributed by atoms with Crippen LogP contribution in [-0.4, -0.2) is 114 Å². The van der Waals surface area contributed by atoms with Crippen LogP contribution in [0.3, 0.4) is 0 Å². The van der Waals surface area contributed by atoms with Crippen LogP contribution in [0.15, 0.2) is 65.8 Å². The summed E-state index contributed by atoms with van der Waals surface area (Å²) in [5.74, 6) is -3.99. The fraction of sp³-hybridized carbons (Fsp3) is 0.450. The minimum Gasteiger partial charge on any atom is -0.370 e. The molecule has 0 bridgehead atoms. The van der Waals surface area contributed by atoms with Gasteiger partial charge < -0.3 is 53.3 Å². The minimum absolute atomic E-state index is 0.0668. The molecule has 2 aliphatic rings. The lowest BCUT2D eigenvalue weighted by atomic mass is 10.0. The summed E-state index contributed by atoms with van der Waals surface area (Å²) in [6, 6.07) is 11.4. The van der Waals surface area contributed by atoms with Crippen molar-refractivity contribution >= 4 is 58.2 Å². The molecular formula is C40H53N11O7. The maximum Gasteiger partial charge on any atom is 0.245 e. The van der Waals surface area contributed by atoms with Crippen LogP contribution in [-0.2, 0) is 46.4 Å². The summed E-state index contributed by atoms with van der Waals surface area (Å²) in [6.07, 6.45) is 3.61. The van der Waals surface area contributed by atoms with E-state index in [0.29, 0.717) is 19.3 Å². The van der Waals surface area contributed by atoms with Gasteiger partial charge in [0.1, 0.15) is 30.2 Å². The number of nitrogens with one attached hydrogen (secondary N) is 7. The lowest BCUT2D eigenvalue weighted by Crippen LogP contribution is -2.58. The third-order valence-electron chi connectivity index (χ3n) is 10.2. The highest BCUT2D eigenvalue weighted by atomic mass is 16.2. The number of carbonyl (C=O) groups is 7. The number of hydrogen-bond donors (Lipinski definition) is 9. The summed E-state index contributed by atoms with van der Waals surface area (Å²) in [7, 11) is 0. The molecule has 2 aliphatic heterocycles. The van der Waals surface area contributed by atoms with Crippen molar-refractivity contribution in [2.45, 2.75) is 88.5 Å². The quantitative estimate of drug-likeness (QED) is 0.0652. The van der Waals surface area contributed by atoms with E-state index in [1.165, 1.54) is 11.8 Å². The number of hydrogen-bond acceptors (Lipinski definition) is 8. The van der Waals surface area contributed by atoms with Gasteiger partial charge in [0.05, 0.1) is 6.54 Å². The number of carbonyl (C=O) groups excluding carboxylic acids is 7. The Morgan fingerprint density at radius 1 is 0.897 bits per heavy atom. The fourth-order valence-electron chi connectivity index (χ4n) is 7.28. The van der Waals surface area contributed by atoms with E-state index in [-0.39, 0.29) is 57.7 Å². The third-order valence-corrected chi connectivity index (χ3v) is 10.2. The summed E-state index contributed by atoms with van der Waals surface area (Å²) in [5, 5.41) is 17.3. The lowest BCUT2D eigenvalue weighted by molar-refractivity contribution is -0.142. The number of aromatic amines is 1. The van der Waals surface area contributed by atoms with Crippen LogP contribution >= 0.6 is 0 Å². The highest BCUT2D eigenvalue weighted by Crippen LogP contribution is 2.21. The number of fused-ring (bicyclic) bond motifs is 2. The molecule has 7 amide bonds. The molecule has 58 heavy (non-hydrogen) atoms. The summed E-state index contributed by atoms with van der Waals surface area (Å²) in [4.78, 5) is 103. The number of para-hydroxylation sites is 1.